The molecule has 0 saturated heterocycles. The molecule has 0 aromatic heterocycles. The van der Waals surface area contributed by atoms with Crippen LogP contribution in [0.4, 0.5) is 0 Å². The molecular weight excluding hydrogens is 300 g/mol. The van der Waals surface area contributed by atoms with E-state index in [2.05, 4.69) is 5.32 Å². The second-order valence-electron chi connectivity index (χ2n) is 6.59. The first-order valence-corrected chi connectivity index (χ1v) is 9.14. The van der Waals surface area contributed by atoms with E-state index in [1.54, 1.807) is 0 Å². The molecular formula is C16H26N2O3S. The van der Waals surface area contributed by atoms with Gasteiger partial charge < -0.3 is 5.32 Å². The van der Waals surface area contributed by atoms with Crippen molar-refractivity contribution in [1.29, 1.82) is 0 Å². The molecule has 6 heteroatoms. The molecule has 1 N–H and O–H groups in total. The summed E-state index contributed by atoms with van der Waals surface area (Å²) in [4.78, 5) is 11.8. The normalized spacial score (nSPS) is 12.5. The van der Waals surface area contributed by atoms with Crippen LogP contribution in [0.15, 0.2) is 24.3 Å². The summed E-state index contributed by atoms with van der Waals surface area (Å²) in [5, 5.41) is 2.78. The van der Waals surface area contributed by atoms with E-state index in [0.717, 1.165) is 11.1 Å². The van der Waals surface area contributed by atoms with Gasteiger partial charge in [-0.3, -0.25) is 4.79 Å². The summed E-state index contributed by atoms with van der Waals surface area (Å²) < 4.78 is 25.2. The maximum Gasteiger partial charge on any atom is 0.225 e. The molecule has 124 valence electrons. The van der Waals surface area contributed by atoms with Crippen molar-refractivity contribution in [2.24, 2.45) is 5.41 Å². The zero-order chi connectivity index (χ0) is 17.0. The lowest BCUT2D eigenvalue weighted by Gasteiger charge is -2.22. The highest BCUT2D eigenvalue weighted by molar-refractivity contribution is 7.88. The number of nitrogens with zero attached hydrogens (tertiary/aromatic N) is 1. The van der Waals surface area contributed by atoms with Gasteiger partial charge in [-0.2, -0.15) is 4.31 Å². The smallest absolute Gasteiger partial charge is 0.225 e. The fraction of sp³-hybridized carbons (Fsp3) is 0.562. The summed E-state index contributed by atoms with van der Waals surface area (Å²) in [5.74, 6) is -0.0868. The molecule has 0 radical (unpaired) electrons. The van der Waals surface area contributed by atoms with E-state index in [9.17, 15) is 13.2 Å². The molecule has 0 atom stereocenters. The van der Waals surface area contributed by atoms with Crippen molar-refractivity contribution in [3.8, 4) is 0 Å². The number of hydrogen-bond donors (Lipinski definition) is 1. The number of carbonyl (C=O) groups is 1. The molecule has 0 bridgehead atoms. The monoisotopic (exact) mass is 326 g/mol. The number of sulfonamides is 1. The van der Waals surface area contributed by atoms with E-state index < -0.39 is 15.4 Å². The van der Waals surface area contributed by atoms with Gasteiger partial charge >= 0.3 is 0 Å². The van der Waals surface area contributed by atoms with E-state index >= 15 is 0 Å². The third-order valence-electron chi connectivity index (χ3n) is 3.28. The van der Waals surface area contributed by atoms with Gasteiger partial charge in [-0.05, 0) is 12.5 Å². The minimum Gasteiger partial charge on any atom is -0.354 e. The average molecular weight is 326 g/mol. The summed E-state index contributed by atoms with van der Waals surface area (Å²) in [5.41, 5.74) is 1.58. The molecule has 0 aliphatic heterocycles. The largest absolute Gasteiger partial charge is 0.354 e. The topological polar surface area (TPSA) is 66.5 Å². The van der Waals surface area contributed by atoms with Crippen molar-refractivity contribution in [2.45, 2.75) is 34.2 Å². The van der Waals surface area contributed by atoms with E-state index in [-0.39, 0.29) is 12.5 Å². The van der Waals surface area contributed by atoms with Gasteiger partial charge in [0.1, 0.15) is 0 Å². The van der Waals surface area contributed by atoms with Gasteiger partial charge in [0.2, 0.25) is 15.9 Å². The Hall–Kier alpha value is -1.40. The zero-order valence-electron chi connectivity index (χ0n) is 14.0. The number of hydrogen-bond acceptors (Lipinski definition) is 3. The molecule has 1 amide bonds. The second kappa shape index (κ2) is 7.24. The lowest BCUT2D eigenvalue weighted by atomic mass is 9.96. The Balaban J connectivity index is 2.67. The lowest BCUT2D eigenvalue weighted by molar-refractivity contribution is -0.128. The Morgan fingerprint density at radius 3 is 2.18 bits per heavy atom. The Kier molecular flexibility index (Phi) is 6.14. The van der Waals surface area contributed by atoms with Crippen molar-refractivity contribution in [3.63, 3.8) is 0 Å². The molecule has 0 aliphatic rings. The number of carbonyl (C=O) groups excluding carboxylic acids is 1. The van der Waals surface area contributed by atoms with Crippen LogP contribution in [0.2, 0.25) is 0 Å². The highest BCUT2D eigenvalue weighted by atomic mass is 32.2. The molecule has 5 nitrogen and oxygen atoms in total. The Bertz CT molecular complexity index is 601. The fourth-order valence-corrected chi connectivity index (χ4v) is 2.63. The number of nitrogens with one attached hydrogen (secondary N) is 1. The zero-order valence-corrected chi connectivity index (χ0v) is 14.8. The Morgan fingerprint density at radius 2 is 1.73 bits per heavy atom. The van der Waals surface area contributed by atoms with Gasteiger partial charge in [0, 0.05) is 25.0 Å². The van der Waals surface area contributed by atoms with Crippen molar-refractivity contribution in [1.82, 2.24) is 9.62 Å². The predicted molar refractivity (Wildman–Crippen MR) is 88.9 cm³/mol. The van der Waals surface area contributed by atoms with Crippen LogP contribution in [0.25, 0.3) is 0 Å². The highest BCUT2D eigenvalue weighted by Gasteiger charge is 2.22. The predicted octanol–water partition coefficient (Wildman–Crippen LogP) is 1.92. The van der Waals surface area contributed by atoms with E-state index in [4.69, 9.17) is 0 Å². The Morgan fingerprint density at radius 1 is 1.18 bits per heavy atom. The number of benzene rings is 1. The van der Waals surface area contributed by atoms with Crippen molar-refractivity contribution in [2.75, 3.05) is 19.3 Å². The fourth-order valence-electron chi connectivity index (χ4n) is 1.82. The van der Waals surface area contributed by atoms with Crippen LogP contribution in [0.3, 0.4) is 0 Å². The quantitative estimate of drug-likeness (QED) is 0.868. The summed E-state index contributed by atoms with van der Waals surface area (Å²) in [6.45, 7) is 8.32. The SMILES string of the molecule is Cc1ccc(CN(CCNC(=O)C(C)(C)C)S(C)(=O)=O)cc1. The minimum atomic E-state index is -3.32. The Labute approximate surface area is 133 Å². The van der Waals surface area contributed by atoms with Crippen molar-refractivity contribution >= 4 is 15.9 Å². The molecule has 22 heavy (non-hydrogen) atoms. The van der Waals surface area contributed by atoms with Crippen LogP contribution in [-0.2, 0) is 21.4 Å². The van der Waals surface area contributed by atoms with Crippen LogP contribution >= 0.6 is 0 Å². The van der Waals surface area contributed by atoms with E-state index in [0.29, 0.717) is 13.1 Å². The lowest BCUT2D eigenvalue weighted by Crippen LogP contribution is -2.41. The third-order valence-corrected chi connectivity index (χ3v) is 4.53. The van der Waals surface area contributed by atoms with Gasteiger partial charge in [-0.15, -0.1) is 0 Å². The maximum atomic E-state index is 11.9. The van der Waals surface area contributed by atoms with Crippen LogP contribution in [0.5, 0.6) is 0 Å². The average Bonchev–Trinajstić information content (AvgIpc) is 2.37. The molecule has 0 heterocycles. The first kappa shape index (κ1) is 18.6. The van der Waals surface area contributed by atoms with Gasteiger partial charge in [0.05, 0.1) is 6.26 Å². The summed E-state index contributed by atoms with van der Waals surface area (Å²) in [6, 6.07) is 7.75. The van der Waals surface area contributed by atoms with Gasteiger partial charge in [-0.1, -0.05) is 50.6 Å². The molecule has 0 unspecified atom stereocenters. The first-order valence-electron chi connectivity index (χ1n) is 7.29. The number of amides is 1. The van der Waals surface area contributed by atoms with Crippen LogP contribution < -0.4 is 5.32 Å². The summed E-state index contributed by atoms with van der Waals surface area (Å²) in [6.07, 6.45) is 1.19. The molecule has 0 saturated carbocycles. The molecule has 0 spiro atoms. The molecule has 0 aliphatic carbocycles. The van der Waals surface area contributed by atoms with Crippen LogP contribution in [-0.4, -0.2) is 38.0 Å². The molecule has 1 rings (SSSR count). The summed E-state index contributed by atoms with van der Waals surface area (Å²) in [7, 11) is -3.32. The van der Waals surface area contributed by atoms with Gasteiger partial charge in [0.25, 0.3) is 0 Å². The van der Waals surface area contributed by atoms with E-state index in [1.807, 2.05) is 52.0 Å². The van der Waals surface area contributed by atoms with Crippen LogP contribution in [0, 0.1) is 12.3 Å². The van der Waals surface area contributed by atoms with E-state index in [1.165, 1.54) is 10.6 Å². The van der Waals surface area contributed by atoms with Crippen molar-refractivity contribution < 1.29 is 13.2 Å². The van der Waals surface area contributed by atoms with Crippen molar-refractivity contribution in [3.05, 3.63) is 35.4 Å². The molecule has 1 aromatic rings. The highest BCUT2D eigenvalue weighted by Crippen LogP contribution is 2.13. The first-order chi connectivity index (χ1) is 10.00. The second-order valence-corrected chi connectivity index (χ2v) is 8.57. The number of rotatable bonds is 6. The standard InChI is InChI=1S/C16H26N2O3S/c1-13-6-8-14(9-7-13)12-18(22(5,20)21)11-10-17-15(19)16(2,3)4/h6-9H,10-12H2,1-5H3,(H,17,19). The third kappa shape index (κ3) is 6.15. The number of aryl methyl sites for hydroxylation is 1. The minimum absolute atomic E-state index is 0.0868. The van der Waals surface area contributed by atoms with Crippen LogP contribution in [0.1, 0.15) is 31.9 Å². The molecule has 0 fully saturated rings. The van der Waals surface area contributed by atoms with Gasteiger partial charge in [-0.25, -0.2) is 8.42 Å². The van der Waals surface area contributed by atoms with Gasteiger partial charge in [0.15, 0.2) is 0 Å². The molecule has 1 aromatic carbocycles. The summed E-state index contributed by atoms with van der Waals surface area (Å²) >= 11 is 0. The maximum absolute atomic E-state index is 11.9.